The molecule has 0 unspecified atom stereocenters. The molecule has 0 atom stereocenters. The number of nitrogens with two attached hydrogens (primary N) is 1. The van der Waals surface area contributed by atoms with Crippen LogP contribution in [0.3, 0.4) is 0 Å². The van der Waals surface area contributed by atoms with Gasteiger partial charge in [-0.25, -0.2) is 0 Å². The molecule has 1 aromatic heterocycles. The molecule has 0 spiro atoms. The van der Waals surface area contributed by atoms with E-state index < -0.39 is 0 Å². The van der Waals surface area contributed by atoms with Crippen LogP contribution in [0.15, 0.2) is 24.3 Å². The molecule has 1 fully saturated rings. The molecule has 20 heavy (non-hydrogen) atoms. The number of hydrogen-bond donors (Lipinski definition) is 1. The summed E-state index contributed by atoms with van der Waals surface area (Å²) in [5.41, 5.74) is 10.00. The van der Waals surface area contributed by atoms with Crippen LogP contribution in [-0.2, 0) is 0 Å². The van der Waals surface area contributed by atoms with Gasteiger partial charge < -0.3 is 10.3 Å². The van der Waals surface area contributed by atoms with Crippen molar-refractivity contribution in [1.82, 2.24) is 4.57 Å². The third-order valence-corrected chi connectivity index (χ3v) is 4.33. The molecule has 4 heteroatoms. The van der Waals surface area contributed by atoms with Crippen molar-refractivity contribution in [3.8, 4) is 11.1 Å². The standard InChI is InChI=1S/C16H17ClN2O/c1-9-14(12-5-3-4-6-13(12)17)15(16(18)20)10(2)19(9)11-7-8-11/h3-6,11H,7-8H2,1-2H3,(H2,18,20). The second-order valence-corrected chi connectivity index (χ2v) is 5.77. The molecule has 0 bridgehead atoms. The van der Waals surface area contributed by atoms with E-state index in [0.717, 1.165) is 35.4 Å². The molecule has 1 saturated carbocycles. The van der Waals surface area contributed by atoms with Crippen LogP contribution < -0.4 is 5.73 Å². The second-order valence-electron chi connectivity index (χ2n) is 5.37. The van der Waals surface area contributed by atoms with Crippen LogP contribution in [0.25, 0.3) is 11.1 Å². The van der Waals surface area contributed by atoms with E-state index in [1.807, 2.05) is 38.1 Å². The van der Waals surface area contributed by atoms with Gasteiger partial charge in [0.15, 0.2) is 0 Å². The van der Waals surface area contributed by atoms with E-state index in [-0.39, 0.29) is 5.91 Å². The molecule has 2 N–H and O–H groups in total. The highest BCUT2D eigenvalue weighted by molar-refractivity contribution is 6.33. The van der Waals surface area contributed by atoms with Crippen molar-refractivity contribution in [1.29, 1.82) is 0 Å². The van der Waals surface area contributed by atoms with Gasteiger partial charge in [-0.1, -0.05) is 29.8 Å². The molecule has 1 amide bonds. The molecule has 1 aliphatic carbocycles. The highest BCUT2D eigenvalue weighted by Crippen LogP contribution is 2.43. The molecular formula is C16H17ClN2O. The lowest BCUT2D eigenvalue weighted by Crippen LogP contribution is -2.13. The zero-order valence-corrected chi connectivity index (χ0v) is 12.4. The number of benzene rings is 1. The predicted octanol–water partition coefficient (Wildman–Crippen LogP) is 3.86. The summed E-state index contributed by atoms with van der Waals surface area (Å²) in [4.78, 5) is 11.9. The SMILES string of the molecule is Cc1c(C(N)=O)c(-c2ccccc2Cl)c(C)n1C1CC1. The lowest BCUT2D eigenvalue weighted by Gasteiger charge is -2.08. The van der Waals surface area contributed by atoms with E-state index in [1.165, 1.54) is 0 Å². The second kappa shape index (κ2) is 4.67. The maximum Gasteiger partial charge on any atom is 0.251 e. The Bertz CT molecular complexity index is 699. The first-order valence-electron chi connectivity index (χ1n) is 6.78. The zero-order chi connectivity index (χ0) is 14.4. The highest BCUT2D eigenvalue weighted by Gasteiger charge is 2.31. The maximum atomic E-state index is 11.9. The fraction of sp³-hybridized carbons (Fsp3) is 0.312. The molecule has 0 aliphatic heterocycles. The summed E-state index contributed by atoms with van der Waals surface area (Å²) in [6, 6.07) is 8.09. The van der Waals surface area contributed by atoms with Gasteiger partial charge in [0.1, 0.15) is 0 Å². The Labute approximate surface area is 123 Å². The smallest absolute Gasteiger partial charge is 0.251 e. The lowest BCUT2D eigenvalue weighted by atomic mass is 10.00. The van der Waals surface area contributed by atoms with E-state index in [2.05, 4.69) is 4.57 Å². The zero-order valence-electron chi connectivity index (χ0n) is 11.6. The van der Waals surface area contributed by atoms with Gasteiger partial charge in [-0.15, -0.1) is 0 Å². The van der Waals surface area contributed by atoms with Crippen LogP contribution in [0, 0.1) is 13.8 Å². The fourth-order valence-electron chi connectivity index (χ4n) is 3.03. The molecule has 0 radical (unpaired) electrons. The van der Waals surface area contributed by atoms with E-state index in [1.54, 1.807) is 0 Å². The Morgan fingerprint density at radius 2 is 1.90 bits per heavy atom. The van der Waals surface area contributed by atoms with Gasteiger partial charge in [0, 0.05) is 33.6 Å². The quantitative estimate of drug-likeness (QED) is 0.916. The van der Waals surface area contributed by atoms with E-state index >= 15 is 0 Å². The van der Waals surface area contributed by atoms with Gasteiger partial charge in [-0.3, -0.25) is 4.79 Å². The van der Waals surface area contributed by atoms with E-state index in [0.29, 0.717) is 16.6 Å². The van der Waals surface area contributed by atoms with Gasteiger partial charge in [-0.2, -0.15) is 0 Å². The minimum absolute atomic E-state index is 0.389. The first kappa shape index (κ1) is 13.3. The molecule has 3 rings (SSSR count). The highest BCUT2D eigenvalue weighted by atomic mass is 35.5. The van der Waals surface area contributed by atoms with Crippen LogP contribution >= 0.6 is 11.6 Å². The maximum absolute atomic E-state index is 11.9. The average molecular weight is 289 g/mol. The first-order chi connectivity index (χ1) is 9.52. The predicted molar refractivity (Wildman–Crippen MR) is 81.1 cm³/mol. The number of halogens is 1. The van der Waals surface area contributed by atoms with Crippen molar-refractivity contribution in [2.24, 2.45) is 5.73 Å². The monoisotopic (exact) mass is 288 g/mol. The van der Waals surface area contributed by atoms with Gasteiger partial charge in [-0.05, 0) is 32.8 Å². The van der Waals surface area contributed by atoms with Crippen molar-refractivity contribution < 1.29 is 4.79 Å². The lowest BCUT2D eigenvalue weighted by molar-refractivity contribution is 0.1000. The average Bonchev–Trinajstić information content (AvgIpc) is 3.17. The Morgan fingerprint density at radius 1 is 1.25 bits per heavy atom. The fourth-order valence-corrected chi connectivity index (χ4v) is 3.26. The summed E-state index contributed by atoms with van der Waals surface area (Å²) in [7, 11) is 0. The molecule has 1 aromatic carbocycles. The third kappa shape index (κ3) is 1.93. The molecule has 1 aliphatic rings. The number of rotatable bonds is 3. The van der Waals surface area contributed by atoms with Crippen molar-refractivity contribution in [3.63, 3.8) is 0 Å². The Hall–Kier alpha value is -1.74. The van der Waals surface area contributed by atoms with E-state index in [9.17, 15) is 4.79 Å². The van der Waals surface area contributed by atoms with E-state index in [4.69, 9.17) is 17.3 Å². The number of carbonyl (C=O) groups is 1. The van der Waals surface area contributed by atoms with Crippen LogP contribution in [0.2, 0.25) is 5.02 Å². The number of nitrogens with zero attached hydrogens (tertiary/aromatic N) is 1. The Morgan fingerprint density at radius 3 is 2.45 bits per heavy atom. The Kier molecular flexibility index (Phi) is 3.09. The number of hydrogen-bond acceptors (Lipinski definition) is 1. The van der Waals surface area contributed by atoms with Gasteiger partial charge >= 0.3 is 0 Å². The minimum Gasteiger partial charge on any atom is -0.366 e. The molecule has 3 nitrogen and oxygen atoms in total. The van der Waals surface area contributed by atoms with Gasteiger partial charge in [0.05, 0.1) is 5.56 Å². The van der Waals surface area contributed by atoms with Crippen molar-refractivity contribution in [3.05, 3.63) is 46.2 Å². The van der Waals surface area contributed by atoms with Crippen LogP contribution in [-0.4, -0.2) is 10.5 Å². The van der Waals surface area contributed by atoms with Crippen molar-refractivity contribution in [2.45, 2.75) is 32.7 Å². The molecule has 1 heterocycles. The first-order valence-corrected chi connectivity index (χ1v) is 7.16. The van der Waals surface area contributed by atoms with Gasteiger partial charge in [0.25, 0.3) is 5.91 Å². The van der Waals surface area contributed by atoms with Crippen LogP contribution in [0.4, 0.5) is 0 Å². The number of carbonyl (C=O) groups excluding carboxylic acids is 1. The summed E-state index contributed by atoms with van der Waals surface area (Å²) in [6.45, 7) is 4.00. The topological polar surface area (TPSA) is 48.0 Å². The minimum atomic E-state index is -0.389. The van der Waals surface area contributed by atoms with Crippen molar-refractivity contribution in [2.75, 3.05) is 0 Å². The molecule has 0 saturated heterocycles. The van der Waals surface area contributed by atoms with Crippen molar-refractivity contribution >= 4 is 17.5 Å². The summed E-state index contributed by atoms with van der Waals surface area (Å²) >= 11 is 6.30. The summed E-state index contributed by atoms with van der Waals surface area (Å²) < 4.78 is 2.23. The molecule has 2 aromatic rings. The van der Waals surface area contributed by atoms with Crippen LogP contribution in [0.5, 0.6) is 0 Å². The normalized spacial score (nSPS) is 14.6. The molecule has 104 valence electrons. The summed E-state index contributed by atoms with van der Waals surface area (Å²) in [5, 5.41) is 0.644. The summed E-state index contributed by atoms with van der Waals surface area (Å²) in [5.74, 6) is -0.389. The number of primary amides is 1. The molecular weight excluding hydrogens is 272 g/mol. The number of aromatic nitrogens is 1. The largest absolute Gasteiger partial charge is 0.366 e. The number of amides is 1. The van der Waals surface area contributed by atoms with Crippen LogP contribution in [0.1, 0.15) is 40.6 Å². The third-order valence-electron chi connectivity index (χ3n) is 4.00. The Balaban J connectivity index is 2.32. The van der Waals surface area contributed by atoms with Gasteiger partial charge in [0.2, 0.25) is 0 Å². The summed E-state index contributed by atoms with van der Waals surface area (Å²) in [6.07, 6.45) is 2.33.